The van der Waals surface area contributed by atoms with Gasteiger partial charge in [-0.25, -0.2) is 0 Å². The first-order valence-electron chi connectivity index (χ1n) is 9.31. The van der Waals surface area contributed by atoms with Crippen molar-refractivity contribution in [3.63, 3.8) is 0 Å². The van der Waals surface area contributed by atoms with Gasteiger partial charge in [0.1, 0.15) is 5.75 Å². The number of halogens is 3. The number of amides is 1. The molecule has 1 heterocycles. The average molecular weight is 434 g/mol. The van der Waals surface area contributed by atoms with Crippen LogP contribution in [0.3, 0.4) is 0 Å². The number of benzene rings is 2. The van der Waals surface area contributed by atoms with Crippen LogP contribution in [-0.4, -0.2) is 41.6 Å². The Hall–Kier alpha value is -3.56. The Bertz CT molecular complexity index is 1050. The van der Waals surface area contributed by atoms with Crippen LogP contribution >= 0.6 is 0 Å². The van der Waals surface area contributed by atoms with E-state index in [-0.39, 0.29) is 30.8 Å². The molecule has 1 amide bonds. The minimum absolute atomic E-state index is 0.107. The van der Waals surface area contributed by atoms with Crippen LogP contribution in [0.25, 0.3) is 11.4 Å². The molecule has 0 saturated carbocycles. The predicted molar refractivity (Wildman–Crippen MR) is 107 cm³/mol. The predicted octanol–water partition coefficient (Wildman–Crippen LogP) is 4.14. The highest BCUT2D eigenvalue weighted by molar-refractivity contribution is 5.77. The molecule has 7 nitrogen and oxygen atoms in total. The van der Waals surface area contributed by atoms with Gasteiger partial charge < -0.3 is 19.5 Å². The Kier molecular flexibility index (Phi) is 6.47. The fraction of sp³-hybridized carbons (Fsp3) is 0.286. The first-order valence-corrected chi connectivity index (χ1v) is 9.31. The van der Waals surface area contributed by atoms with Gasteiger partial charge in [-0.3, -0.25) is 4.79 Å². The number of nitrogens with zero attached hydrogens (tertiary/aromatic N) is 3. The van der Waals surface area contributed by atoms with Gasteiger partial charge in [0, 0.05) is 19.7 Å². The highest BCUT2D eigenvalue weighted by Crippen LogP contribution is 2.30. The second-order valence-corrected chi connectivity index (χ2v) is 7.02. The lowest BCUT2D eigenvalue weighted by molar-refractivity contribution is -0.137. The molecule has 10 heteroatoms. The topological polar surface area (TPSA) is 80.5 Å². The summed E-state index contributed by atoms with van der Waals surface area (Å²) >= 11 is 0. The standard InChI is InChI=1S/C21H21F3N4O3/c1-13-4-9-16(17(10-13)30-12-19(29)28(2)3)25-11-18-26-20(27-31-18)14-5-7-15(8-6-14)21(22,23)24/h4-10,25H,11-12H2,1-3H3. The summed E-state index contributed by atoms with van der Waals surface area (Å²) < 4.78 is 48.9. The van der Waals surface area contributed by atoms with Gasteiger partial charge in [0.15, 0.2) is 6.61 Å². The largest absolute Gasteiger partial charge is 0.482 e. The molecule has 0 saturated heterocycles. The van der Waals surface area contributed by atoms with E-state index in [1.54, 1.807) is 26.2 Å². The van der Waals surface area contributed by atoms with E-state index in [1.165, 1.54) is 17.0 Å². The maximum atomic E-state index is 12.7. The van der Waals surface area contributed by atoms with Crippen LogP contribution in [0, 0.1) is 6.92 Å². The first kappa shape index (κ1) is 22.1. The Morgan fingerprint density at radius 3 is 2.52 bits per heavy atom. The van der Waals surface area contributed by atoms with Crippen molar-refractivity contribution in [3.8, 4) is 17.1 Å². The number of rotatable bonds is 7. The van der Waals surface area contributed by atoms with Crippen LogP contribution < -0.4 is 10.1 Å². The molecule has 3 aromatic rings. The molecule has 0 aliphatic carbocycles. The Morgan fingerprint density at radius 1 is 1.16 bits per heavy atom. The molecular weight excluding hydrogens is 413 g/mol. The fourth-order valence-electron chi connectivity index (χ4n) is 2.59. The van der Waals surface area contributed by atoms with Crippen molar-refractivity contribution in [2.45, 2.75) is 19.6 Å². The van der Waals surface area contributed by atoms with Crippen molar-refractivity contribution < 1.29 is 27.2 Å². The minimum atomic E-state index is -4.41. The van der Waals surface area contributed by atoms with Gasteiger partial charge in [0.25, 0.3) is 5.91 Å². The summed E-state index contributed by atoms with van der Waals surface area (Å²) in [7, 11) is 3.29. The Labute approximate surface area is 176 Å². The summed E-state index contributed by atoms with van der Waals surface area (Å²) in [4.78, 5) is 17.4. The van der Waals surface area contributed by atoms with Crippen molar-refractivity contribution in [2.24, 2.45) is 0 Å². The number of alkyl halides is 3. The monoisotopic (exact) mass is 434 g/mol. The lowest BCUT2D eigenvalue weighted by Gasteiger charge is -2.15. The lowest BCUT2D eigenvalue weighted by Crippen LogP contribution is -2.27. The van der Waals surface area contributed by atoms with Gasteiger partial charge in [-0.15, -0.1) is 0 Å². The number of hydrogen-bond donors (Lipinski definition) is 1. The SMILES string of the molecule is Cc1ccc(NCc2nc(-c3ccc(C(F)(F)F)cc3)no2)c(OCC(=O)N(C)C)c1. The van der Waals surface area contributed by atoms with E-state index < -0.39 is 11.7 Å². The van der Waals surface area contributed by atoms with Crippen LogP contribution in [0.15, 0.2) is 47.0 Å². The van der Waals surface area contributed by atoms with Gasteiger partial charge in [-0.05, 0) is 36.8 Å². The molecule has 0 spiro atoms. The molecular formula is C21H21F3N4O3. The average Bonchev–Trinajstić information content (AvgIpc) is 3.19. The smallest absolute Gasteiger partial charge is 0.416 e. The molecule has 3 rings (SSSR count). The van der Waals surface area contributed by atoms with Gasteiger partial charge >= 0.3 is 6.18 Å². The molecule has 0 radical (unpaired) electrons. The second kappa shape index (κ2) is 9.07. The Balaban J connectivity index is 1.67. The first-order chi connectivity index (χ1) is 14.6. The maximum Gasteiger partial charge on any atom is 0.416 e. The number of anilines is 1. The van der Waals surface area contributed by atoms with Crippen molar-refractivity contribution in [1.29, 1.82) is 0 Å². The van der Waals surface area contributed by atoms with Gasteiger partial charge in [0.2, 0.25) is 11.7 Å². The van der Waals surface area contributed by atoms with Gasteiger partial charge in [-0.2, -0.15) is 18.2 Å². The van der Waals surface area contributed by atoms with Crippen LogP contribution in [-0.2, 0) is 17.5 Å². The third-order valence-corrected chi connectivity index (χ3v) is 4.36. The van der Waals surface area contributed by atoms with Crippen molar-refractivity contribution in [3.05, 3.63) is 59.5 Å². The third-order valence-electron chi connectivity index (χ3n) is 4.36. The van der Waals surface area contributed by atoms with Crippen LogP contribution in [0.2, 0.25) is 0 Å². The molecule has 0 aliphatic rings. The van der Waals surface area contributed by atoms with E-state index >= 15 is 0 Å². The summed E-state index contributed by atoms with van der Waals surface area (Å²) in [5.41, 5.74) is 1.25. The van der Waals surface area contributed by atoms with Crippen molar-refractivity contribution in [2.75, 3.05) is 26.0 Å². The third kappa shape index (κ3) is 5.74. The molecule has 0 aliphatic heterocycles. The summed E-state index contributed by atoms with van der Waals surface area (Å²) in [6, 6.07) is 10.00. The minimum Gasteiger partial charge on any atom is -0.482 e. The molecule has 2 aromatic carbocycles. The number of carbonyl (C=O) groups excluding carboxylic acids is 1. The maximum absolute atomic E-state index is 12.7. The number of nitrogens with one attached hydrogen (secondary N) is 1. The summed E-state index contributed by atoms with van der Waals surface area (Å²) in [6.45, 7) is 1.96. The van der Waals surface area contributed by atoms with Crippen LogP contribution in [0.4, 0.5) is 18.9 Å². The number of aryl methyl sites for hydroxylation is 1. The molecule has 0 fully saturated rings. The molecule has 1 N–H and O–H groups in total. The molecule has 164 valence electrons. The van der Waals surface area contributed by atoms with E-state index in [9.17, 15) is 18.0 Å². The second-order valence-electron chi connectivity index (χ2n) is 7.02. The fourth-order valence-corrected chi connectivity index (χ4v) is 2.59. The zero-order valence-corrected chi connectivity index (χ0v) is 17.2. The number of likely N-dealkylation sites (N-methyl/N-ethyl adjacent to an activating group) is 1. The number of aromatic nitrogens is 2. The summed E-state index contributed by atoms with van der Waals surface area (Å²) in [6.07, 6.45) is -4.41. The molecule has 0 unspecified atom stereocenters. The van der Waals surface area contributed by atoms with E-state index in [0.29, 0.717) is 17.0 Å². The molecule has 31 heavy (non-hydrogen) atoms. The quantitative estimate of drug-likeness (QED) is 0.602. The highest BCUT2D eigenvalue weighted by Gasteiger charge is 2.30. The summed E-state index contributed by atoms with van der Waals surface area (Å²) in [5, 5.41) is 6.93. The Morgan fingerprint density at radius 2 is 1.87 bits per heavy atom. The molecule has 1 aromatic heterocycles. The number of ether oxygens (including phenoxy) is 1. The van der Waals surface area contributed by atoms with E-state index in [4.69, 9.17) is 9.26 Å². The van der Waals surface area contributed by atoms with Crippen molar-refractivity contribution in [1.82, 2.24) is 15.0 Å². The zero-order chi connectivity index (χ0) is 22.6. The van der Waals surface area contributed by atoms with E-state index in [1.807, 2.05) is 13.0 Å². The lowest BCUT2D eigenvalue weighted by atomic mass is 10.1. The van der Waals surface area contributed by atoms with Crippen molar-refractivity contribution >= 4 is 11.6 Å². The normalized spacial score (nSPS) is 11.3. The summed E-state index contributed by atoms with van der Waals surface area (Å²) in [5.74, 6) is 0.747. The highest BCUT2D eigenvalue weighted by atomic mass is 19.4. The van der Waals surface area contributed by atoms with E-state index in [0.717, 1.165) is 17.7 Å². The van der Waals surface area contributed by atoms with Crippen LogP contribution in [0.1, 0.15) is 17.0 Å². The number of carbonyl (C=O) groups is 1. The zero-order valence-electron chi connectivity index (χ0n) is 17.2. The van der Waals surface area contributed by atoms with Gasteiger partial charge in [0.05, 0.1) is 17.8 Å². The van der Waals surface area contributed by atoms with E-state index in [2.05, 4.69) is 15.5 Å². The molecule has 0 atom stereocenters. The molecule has 0 bridgehead atoms. The van der Waals surface area contributed by atoms with Crippen LogP contribution in [0.5, 0.6) is 5.75 Å². The number of hydrogen-bond acceptors (Lipinski definition) is 6. The van der Waals surface area contributed by atoms with Gasteiger partial charge in [-0.1, -0.05) is 23.4 Å².